The van der Waals surface area contributed by atoms with E-state index in [9.17, 15) is 4.79 Å². The van der Waals surface area contributed by atoms with Gasteiger partial charge >= 0.3 is 5.79 Å². The van der Waals surface area contributed by atoms with Crippen LogP contribution in [0.4, 0.5) is 0 Å². The van der Waals surface area contributed by atoms with Gasteiger partial charge in [-0.05, 0) is 19.1 Å². The van der Waals surface area contributed by atoms with Crippen LogP contribution in [-0.2, 0) is 10.5 Å². The Balaban J connectivity index is 2.09. The summed E-state index contributed by atoms with van der Waals surface area (Å²) < 4.78 is 11.5. The minimum absolute atomic E-state index is 0.0214. The van der Waals surface area contributed by atoms with Crippen molar-refractivity contribution in [3.63, 3.8) is 0 Å². The highest BCUT2D eigenvalue weighted by atomic mass is 16.7. The first kappa shape index (κ1) is 13.8. The van der Waals surface area contributed by atoms with E-state index < -0.39 is 5.79 Å². The molecule has 1 aliphatic rings. The van der Waals surface area contributed by atoms with Gasteiger partial charge in [0.05, 0.1) is 18.8 Å². The minimum atomic E-state index is -1.50. The lowest BCUT2D eigenvalue weighted by molar-refractivity contribution is -0.152. The van der Waals surface area contributed by atoms with Crippen molar-refractivity contribution < 1.29 is 19.4 Å². The van der Waals surface area contributed by atoms with Crippen molar-refractivity contribution in [2.45, 2.75) is 12.7 Å². The highest BCUT2D eigenvalue weighted by molar-refractivity contribution is 6.07. The predicted octanol–water partition coefficient (Wildman–Crippen LogP) is 2.43. The Morgan fingerprint density at radius 1 is 1.19 bits per heavy atom. The summed E-state index contributed by atoms with van der Waals surface area (Å²) >= 11 is 0. The summed E-state index contributed by atoms with van der Waals surface area (Å²) in [5.41, 5.74) is 2.12. The second-order valence-electron chi connectivity index (χ2n) is 4.99. The lowest BCUT2D eigenvalue weighted by Crippen LogP contribution is -2.40. The third-order valence-corrected chi connectivity index (χ3v) is 3.48. The van der Waals surface area contributed by atoms with Crippen LogP contribution in [0.1, 0.15) is 21.5 Å². The molecule has 0 spiro atoms. The van der Waals surface area contributed by atoms with E-state index in [2.05, 4.69) is 0 Å². The molecular weight excluding hydrogens is 268 g/mol. The van der Waals surface area contributed by atoms with E-state index in [0.717, 1.165) is 5.56 Å². The maximum Gasteiger partial charge on any atom is 0.302 e. The van der Waals surface area contributed by atoms with Crippen LogP contribution >= 0.6 is 0 Å². The lowest BCUT2D eigenvalue weighted by Gasteiger charge is -2.27. The van der Waals surface area contributed by atoms with Crippen molar-refractivity contribution in [2.75, 3.05) is 13.2 Å². The molecule has 0 aliphatic carbocycles. The number of carbonyl (C=O) groups excluding carboxylic acids is 1. The highest BCUT2D eigenvalue weighted by Gasteiger charge is 2.51. The normalized spacial score (nSPS) is 20.2. The van der Waals surface area contributed by atoms with Gasteiger partial charge in [0.1, 0.15) is 5.75 Å². The van der Waals surface area contributed by atoms with Crippen LogP contribution in [0.25, 0.3) is 0 Å². The van der Waals surface area contributed by atoms with Crippen LogP contribution in [0.3, 0.4) is 0 Å². The summed E-state index contributed by atoms with van der Waals surface area (Å²) in [5.74, 6) is -1.23. The molecule has 0 aromatic heterocycles. The SMILES string of the molecule is Cc1ccc2c(c1)C(=O)C(OCCO)(c1ccccc1)O2. The summed E-state index contributed by atoms with van der Waals surface area (Å²) in [6.07, 6.45) is 0. The molecule has 3 rings (SSSR count). The van der Waals surface area contributed by atoms with E-state index in [0.29, 0.717) is 16.9 Å². The number of fused-ring (bicyclic) bond motifs is 1. The number of rotatable bonds is 4. The van der Waals surface area contributed by atoms with Crippen LogP contribution < -0.4 is 4.74 Å². The first-order valence-electron chi connectivity index (χ1n) is 6.82. The number of hydrogen-bond acceptors (Lipinski definition) is 4. The van der Waals surface area contributed by atoms with Crippen molar-refractivity contribution in [1.82, 2.24) is 0 Å². The number of aliphatic hydroxyl groups excluding tert-OH is 1. The molecule has 1 N–H and O–H groups in total. The molecule has 0 fully saturated rings. The second kappa shape index (κ2) is 5.31. The highest BCUT2D eigenvalue weighted by Crippen LogP contribution is 2.42. The van der Waals surface area contributed by atoms with E-state index in [-0.39, 0.29) is 19.0 Å². The quantitative estimate of drug-likeness (QED) is 0.937. The molecule has 21 heavy (non-hydrogen) atoms. The Labute approximate surface area is 122 Å². The monoisotopic (exact) mass is 284 g/mol. The number of aliphatic hydroxyl groups is 1. The van der Waals surface area contributed by atoms with E-state index in [1.807, 2.05) is 31.2 Å². The molecular formula is C17H16O4. The van der Waals surface area contributed by atoms with Crippen LogP contribution in [0.2, 0.25) is 0 Å². The first-order valence-corrected chi connectivity index (χ1v) is 6.82. The molecule has 1 unspecified atom stereocenters. The predicted molar refractivity (Wildman–Crippen MR) is 77.3 cm³/mol. The van der Waals surface area contributed by atoms with Gasteiger partial charge in [0.25, 0.3) is 0 Å². The van der Waals surface area contributed by atoms with Gasteiger partial charge in [-0.2, -0.15) is 0 Å². The molecule has 108 valence electrons. The molecule has 0 saturated carbocycles. The van der Waals surface area contributed by atoms with Crippen LogP contribution in [0.15, 0.2) is 48.5 Å². The maximum absolute atomic E-state index is 12.8. The topological polar surface area (TPSA) is 55.8 Å². The number of hydrogen-bond donors (Lipinski definition) is 1. The fraction of sp³-hybridized carbons (Fsp3) is 0.235. The molecule has 0 amide bonds. The zero-order valence-corrected chi connectivity index (χ0v) is 11.7. The molecule has 2 aromatic carbocycles. The lowest BCUT2D eigenvalue weighted by atomic mass is 9.97. The molecule has 1 heterocycles. The van der Waals surface area contributed by atoms with E-state index in [1.165, 1.54) is 0 Å². The summed E-state index contributed by atoms with van der Waals surface area (Å²) in [6, 6.07) is 14.5. The van der Waals surface area contributed by atoms with Crippen molar-refractivity contribution in [1.29, 1.82) is 0 Å². The molecule has 4 nitrogen and oxygen atoms in total. The zero-order valence-electron chi connectivity index (χ0n) is 11.7. The summed E-state index contributed by atoms with van der Waals surface area (Å²) in [5, 5.41) is 9.04. The van der Waals surface area contributed by atoms with Crippen molar-refractivity contribution in [3.8, 4) is 5.75 Å². The molecule has 1 atom stereocenters. The van der Waals surface area contributed by atoms with Gasteiger partial charge in [-0.1, -0.05) is 42.0 Å². The summed E-state index contributed by atoms with van der Waals surface area (Å²) in [6.45, 7) is 1.76. The van der Waals surface area contributed by atoms with Gasteiger partial charge in [0.15, 0.2) is 0 Å². The second-order valence-corrected chi connectivity index (χ2v) is 4.99. The van der Waals surface area contributed by atoms with Gasteiger partial charge in [-0.3, -0.25) is 4.79 Å². The van der Waals surface area contributed by atoms with Gasteiger partial charge in [0.2, 0.25) is 5.78 Å². The van der Waals surface area contributed by atoms with Crippen molar-refractivity contribution in [3.05, 3.63) is 65.2 Å². The number of carbonyl (C=O) groups is 1. The number of aryl methyl sites for hydroxylation is 1. The van der Waals surface area contributed by atoms with E-state index in [4.69, 9.17) is 14.6 Å². The zero-order chi connectivity index (χ0) is 14.9. The first-order chi connectivity index (χ1) is 10.2. The van der Waals surface area contributed by atoms with Crippen LogP contribution in [0, 0.1) is 6.92 Å². The molecule has 1 aliphatic heterocycles. The molecule has 0 saturated heterocycles. The fourth-order valence-corrected chi connectivity index (χ4v) is 2.50. The average Bonchev–Trinajstić information content (AvgIpc) is 2.80. The molecule has 0 radical (unpaired) electrons. The van der Waals surface area contributed by atoms with E-state index in [1.54, 1.807) is 24.3 Å². The van der Waals surface area contributed by atoms with Gasteiger partial charge < -0.3 is 14.6 Å². The van der Waals surface area contributed by atoms with Gasteiger partial charge in [-0.25, -0.2) is 0 Å². The molecule has 2 aromatic rings. The smallest absolute Gasteiger partial charge is 0.302 e. The Morgan fingerprint density at radius 2 is 1.95 bits per heavy atom. The van der Waals surface area contributed by atoms with Crippen molar-refractivity contribution >= 4 is 5.78 Å². The summed E-state index contributed by atoms with van der Waals surface area (Å²) in [4.78, 5) is 12.8. The Hall–Kier alpha value is -2.17. The molecule has 0 bridgehead atoms. The third-order valence-electron chi connectivity index (χ3n) is 3.48. The number of ketones is 1. The summed E-state index contributed by atoms with van der Waals surface area (Å²) in [7, 11) is 0. The van der Waals surface area contributed by atoms with E-state index >= 15 is 0 Å². The van der Waals surface area contributed by atoms with Gasteiger partial charge in [0, 0.05) is 5.56 Å². The van der Waals surface area contributed by atoms with Gasteiger partial charge in [-0.15, -0.1) is 0 Å². The van der Waals surface area contributed by atoms with Crippen LogP contribution in [0.5, 0.6) is 5.75 Å². The standard InChI is InChI=1S/C17H16O4/c1-12-7-8-15-14(11-12)16(19)17(21-15,20-10-9-18)13-5-3-2-4-6-13/h2-8,11,18H,9-10H2,1H3. The van der Waals surface area contributed by atoms with Crippen LogP contribution in [-0.4, -0.2) is 24.1 Å². The Bertz CT molecular complexity index is 666. The average molecular weight is 284 g/mol. The minimum Gasteiger partial charge on any atom is -0.450 e. The molecule has 4 heteroatoms. The Morgan fingerprint density at radius 3 is 2.67 bits per heavy atom. The maximum atomic E-state index is 12.8. The third kappa shape index (κ3) is 2.22. The van der Waals surface area contributed by atoms with Crippen molar-refractivity contribution in [2.24, 2.45) is 0 Å². The number of Topliss-reactive ketones (excluding diaryl/α,β-unsaturated/α-hetero) is 1. The number of benzene rings is 2. The fourth-order valence-electron chi connectivity index (χ4n) is 2.50. The Kier molecular flexibility index (Phi) is 3.49. The largest absolute Gasteiger partial charge is 0.450 e. The number of ether oxygens (including phenoxy) is 2.